The molecule has 1 fully saturated rings. The molecule has 3 N–H and O–H groups in total. The quantitative estimate of drug-likeness (QED) is 0.821. The zero-order valence-electron chi connectivity index (χ0n) is 11.1. The maximum atomic E-state index is 12.4. The number of H-pyrrole nitrogens is 1. The third-order valence-corrected chi connectivity index (χ3v) is 3.81. The topological polar surface area (TPSA) is 92.1 Å². The number of nitrogens with one attached hydrogen (secondary N) is 1. The van der Waals surface area contributed by atoms with E-state index in [0.717, 1.165) is 25.5 Å². The lowest BCUT2D eigenvalue weighted by Gasteiger charge is -2.31. The summed E-state index contributed by atoms with van der Waals surface area (Å²) in [5.74, 6) is 0.232. The van der Waals surface area contributed by atoms with E-state index in [-0.39, 0.29) is 23.2 Å². The Labute approximate surface area is 112 Å². The Morgan fingerprint density at radius 3 is 2.95 bits per heavy atom. The van der Waals surface area contributed by atoms with Crippen molar-refractivity contribution in [3.63, 3.8) is 0 Å². The molecular weight excluding hydrogens is 244 g/mol. The van der Waals surface area contributed by atoms with Gasteiger partial charge in [0.2, 0.25) is 0 Å². The van der Waals surface area contributed by atoms with Gasteiger partial charge in [0.25, 0.3) is 11.5 Å². The molecule has 0 aromatic carbocycles. The van der Waals surface area contributed by atoms with E-state index >= 15 is 0 Å². The third kappa shape index (κ3) is 2.84. The van der Waals surface area contributed by atoms with Gasteiger partial charge in [0.15, 0.2) is 0 Å². The summed E-state index contributed by atoms with van der Waals surface area (Å²) in [4.78, 5) is 31.6. The molecule has 2 atom stereocenters. The van der Waals surface area contributed by atoms with Crippen LogP contribution in [0.1, 0.15) is 36.7 Å². The van der Waals surface area contributed by atoms with Crippen LogP contribution in [0.15, 0.2) is 17.2 Å². The number of hydrogen-bond acceptors (Lipinski definition) is 4. The first kappa shape index (κ1) is 13.7. The van der Waals surface area contributed by atoms with Gasteiger partial charge < -0.3 is 15.6 Å². The van der Waals surface area contributed by atoms with Gasteiger partial charge in [0.05, 0.1) is 6.20 Å². The lowest BCUT2D eigenvalue weighted by atomic mass is 10.0. The van der Waals surface area contributed by atoms with Crippen molar-refractivity contribution in [2.45, 2.75) is 32.2 Å². The first-order valence-corrected chi connectivity index (χ1v) is 6.73. The number of aromatic amines is 1. The fourth-order valence-electron chi connectivity index (χ4n) is 2.84. The number of amides is 1. The zero-order valence-corrected chi connectivity index (χ0v) is 11.1. The minimum absolute atomic E-state index is 0.135. The minimum atomic E-state index is -0.305. The van der Waals surface area contributed by atoms with Crippen molar-refractivity contribution >= 4 is 5.91 Å². The molecule has 1 heterocycles. The number of nitrogens with two attached hydrogens (primary N) is 1. The summed E-state index contributed by atoms with van der Waals surface area (Å²) in [6.07, 6.45) is 5.68. The summed E-state index contributed by atoms with van der Waals surface area (Å²) in [7, 11) is 0. The van der Waals surface area contributed by atoms with Crippen LogP contribution in [0, 0.1) is 5.92 Å². The first-order valence-electron chi connectivity index (χ1n) is 6.73. The van der Waals surface area contributed by atoms with Crippen molar-refractivity contribution in [3.8, 4) is 0 Å². The summed E-state index contributed by atoms with van der Waals surface area (Å²) in [5, 5.41) is 0. The van der Waals surface area contributed by atoms with Crippen LogP contribution in [0.5, 0.6) is 0 Å². The highest BCUT2D eigenvalue weighted by atomic mass is 16.2. The number of nitrogens with zero attached hydrogens (tertiary/aromatic N) is 2. The standard InChI is InChI=1S/C13H20N4O2/c1-2-17(11-5-3-4-9(11)6-14)13(19)10-7-16-12(18)8-15-10/h7-9,11H,2-6,14H2,1H3,(H,16,18). The van der Waals surface area contributed by atoms with E-state index in [1.165, 1.54) is 6.20 Å². The lowest BCUT2D eigenvalue weighted by molar-refractivity contribution is 0.0645. The highest BCUT2D eigenvalue weighted by Crippen LogP contribution is 2.29. The molecule has 1 aromatic heterocycles. The van der Waals surface area contributed by atoms with Gasteiger partial charge in [-0.25, -0.2) is 4.98 Å². The van der Waals surface area contributed by atoms with E-state index in [9.17, 15) is 9.59 Å². The van der Waals surface area contributed by atoms with Gasteiger partial charge in [-0.1, -0.05) is 6.42 Å². The Bertz CT molecular complexity index is 479. The Hall–Kier alpha value is -1.69. The van der Waals surface area contributed by atoms with Gasteiger partial charge in [0, 0.05) is 18.8 Å². The second kappa shape index (κ2) is 5.97. The molecule has 0 bridgehead atoms. The minimum Gasteiger partial charge on any atom is -0.334 e. The molecule has 0 spiro atoms. The summed E-state index contributed by atoms with van der Waals surface area (Å²) in [6.45, 7) is 3.18. The summed E-state index contributed by atoms with van der Waals surface area (Å²) in [6, 6.07) is 0.191. The van der Waals surface area contributed by atoms with Crippen molar-refractivity contribution in [1.82, 2.24) is 14.9 Å². The second-order valence-corrected chi connectivity index (χ2v) is 4.88. The van der Waals surface area contributed by atoms with E-state index in [4.69, 9.17) is 5.73 Å². The van der Waals surface area contributed by atoms with Gasteiger partial charge in [-0.15, -0.1) is 0 Å². The van der Waals surface area contributed by atoms with Crippen LogP contribution in [0.3, 0.4) is 0 Å². The Morgan fingerprint density at radius 1 is 1.58 bits per heavy atom. The SMILES string of the molecule is CCN(C(=O)c1c[nH]c(=O)cn1)C1CCCC1CN. The molecule has 104 valence electrons. The van der Waals surface area contributed by atoms with Crippen molar-refractivity contribution in [3.05, 3.63) is 28.4 Å². The van der Waals surface area contributed by atoms with Crippen LogP contribution in [0.2, 0.25) is 0 Å². The number of hydrogen-bond donors (Lipinski definition) is 2. The Morgan fingerprint density at radius 2 is 2.37 bits per heavy atom. The molecule has 1 aromatic rings. The second-order valence-electron chi connectivity index (χ2n) is 4.88. The summed E-state index contributed by atoms with van der Waals surface area (Å²) >= 11 is 0. The highest BCUT2D eigenvalue weighted by Gasteiger charge is 2.33. The molecule has 6 heteroatoms. The van der Waals surface area contributed by atoms with E-state index < -0.39 is 0 Å². The lowest BCUT2D eigenvalue weighted by Crippen LogP contribution is -2.44. The molecule has 19 heavy (non-hydrogen) atoms. The van der Waals surface area contributed by atoms with Crippen LogP contribution in [0.4, 0.5) is 0 Å². The summed E-state index contributed by atoms with van der Waals surface area (Å²) in [5.41, 5.74) is 5.75. The van der Waals surface area contributed by atoms with E-state index in [1.807, 2.05) is 11.8 Å². The number of rotatable bonds is 4. The molecule has 0 aliphatic heterocycles. The number of aromatic nitrogens is 2. The van der Waals surface area contributed by atoms with E-state index in [2.05, 4.69) is 9.97 Å². The molecule has 1 aliphatic rings. The smallest absolute Gasteiger partial charge is 0.274 e. The maximum absolute atomic E-state index is 12.4. The average molecular weight is 264 g/mol. The molecule has 1 aliphatic carbocycles. The fourth-order valence-corrected chi connectivity index (χ4v) is 2.84. The normalized spacial score (nSPS) is 22.4. The van der Waals surface area contributed by atoms with Crippen molar-refractivity contribution in [2.24, 2.45) is 11.7 Å². The van der Waals surface area contributed by atoms with E-state index in [1.54, 1.807) is 0 Å². The van der Waals surface area contributed by atoms with Gasteiger partial charge in [-0.2, -0.15) is 0 Å². The molecule has 6 nitrogen and oxygen atoms in total. The van der Waals surface area contributed by atoms with Crippen LogP contribution >= 0.6 is 0 Å². The van der Waals surface area contributed by atoms with Gasteiger partial charge in [-0.05, 0) is 32.2 Å². The van der Waals surface area contributed by atoms with Crippen molar-refractivity contribution in [2.75, 3.05) is 13.1 Å². The number of carbonyl (C=O) groups excluding carboxylic acids is 1. The molecule has 1 amide bonds. The molecular formula is C13H20N4O2. The molecule has 2 unspecified atom stereocenters. The van der Waals surface area contributed by atoms with Gasteiger partial charge in [-0.3, -0.25) is 9.59 Å². The van der Waals surface area contributed by atoms with E-state index in [0.29, 0.717) is 19.0 Å². The summed E-state index contributed by atoms with van der Waals surface area (Å²) < 4.78 is 0. The van der Waals surface area contributed by atoms with Gasteiger partial charge in [0.1, 0.15) is 5.69 Å². The Kier molecular flexibility index (Phi) is 4.31. The largest absolute Gasteiger partial charge is 0.334 e. The van der Waals surface area contributed by atoms with Crippen molar-refractivity contribution < 1.29 is 4.79 Å². The Balaban J connectivity index is 2.19. The predicted molar refractivity (Wildman–Crippen MR) is 71.8 cm³/mol. The van der Waals surface area contributed by atoms with Crippen LogP contribution < -0.4 is 11.3 Å². The maximum Gasteiger partial charge on any atom is 0.274 e. The van der Waals surface area contributed by atoms with Crippen molar-refractivity contribution in [1.29, 1.82) is 0 Å². The van der Waals surface area contributed by atoms with Gasteiger partial charge >= 0.3 is 0 Å². The molecule has 2 rings (SSSR count). The molecule has 0 saturated heterocycles. The predicted octanol–water partition coefficient (Wildman–Crippen LogP) is 0.359. The monoisotopic (exact) mass is 264 g/mol. The zero-order chi connectivity index (χ0) is 13.8. The number of carbonyl (C=O) groups is 1. The molecule has 0 radical (unpaired) electrons. The molecule has 1 saturated carbocycles. The van der Waals surface area contributed by atoms with Crippen LogP contribution in [-0.4, -0.2) is 39.9 Å². The third-order valence-electron chi connectivity index (χ3n) is 3.81. The highest BCUT2D eigenvalue weighted by molar-refractivity contribution is 5.92. The fraction of sp³-hybridized carbons (Fsp3) is 0.615. The first-order chi connectivity index (χ1) is 9.17. The van der Waals surface area contributed by atoms with Crippen LogP contribution in [0.25, 0.3) is 0 Å². The average Bonchev–Trinajstić information content (AvgIpc) is 2.88. The van der Waals surface area contributed by atoms with Crippen LogP contribution in [-0.2, 0) is 0 Å².